The number of fused-ring (bicyclic) bond motifs is 1. The number of anilines is 2. The van der Waals surface area contributed by atoms with Gasteiger partial charge in [0.2, 0.25) is 0 Å². The smallest absolute Gasteiger partial charge is 0.265 e. The summed E-state index contributed by atoms with van der Waals surface area (Å²) in [6, 6.07) is 18.6. The van der Waals surface area contributed by atoms with E-state index in [1.807, 2.05) is 59.5 Å². The van der Waals surface area contributed by atoms with E-state index in [0.717, 1.165) is 28.7 Å². The highest BCUT2D eigenvalue weighted by Crippen LogP contribution is 2.27. The second-order valence-electron chi connectivity index (χ2n) is 8.31. The van der Waals surface area contributed by atoms with Crippen LogP contribution < -0.4 is 21.8 Å². The zero-order chi connectivity index (χ0) is 27.1. The van der Waals surface area contributed by atoms with Gasteiger partial charge in [-0.25, -0.2) is 13.8 Å². The molecule has 0 saturated carbocycles. The van der Waals surface area contributed by atoms with Crippen LogP contribution in [0.5, 0.6) is 0 Å². The number of pyridine rings is 1. The minimum absolute atomic E-state index is 0.147. The maximum absolute atomic E-state index is 12.7. The summed E-state index contributed by atoms with van der Waals surface area (Å²) in [5.41, 5.74) is 9.45. The fourth-order valence-corrected chi connectivity index (χ4v) is 3.96. The van der Waals surface area contributed by atoms with E-state index < -0.39 is 12.6 Å². The van der Waals surface area contributed by atoms with Crippen LogP contribution in [0.1, 0.15) is 28.8 Å². The Kier molecular flexibility index (Phi) is 8.69. The first-order valence-electron chi connectivity index (χ1n) is 11.7. The van der Waals surface area contributed by atoms with Crippen molar-refractivity contribution in [1.29, 1.82) is 5.41 Å². The number of aliphatic imine (C=N–C) groups is 1. The topological polar surface area (TPSA) is 152 Å². The first kappa shape index (κ1) is 26.8. The Morgan fingerprint density at radius 3 is 2.50 bits per heavy atom. The molecule has 1 saturated heterocycles. The quantitative estimate of drug-likeness (QED) is 0.233. The standard InChI is InChI=1S/C15H13N3O.C11H14F2N4O2/c16-14-15(19)17-12-9-5-4-8-11(12)13(18-14)10-6-2-1-3-7-10;12-10(13)7-5-8(17-1-3-18-4-2-17)9(16-6-7)11(14)19-15/h1-9,14H,16H2,(H,17,19);5-6,10,14H,1-4,15H2. The summed E-state index contributed by atoms with van der Waals surface area (Å²) < 4.78 is 30.7. The van der Waals surface area contributed by atoms with Crippen LogP contribution in [-0.2, 0) is 14.4 Å². The van der Waals surface area contributed by atoms with Crippen molar-refractivity contribution in [2.45, 2.75) is 12.6 Å². The lowest BCUT2D eigenvalue weighted by molar-refractivity contribution is -0.117. The molecule has 6 N–H and O–H groups in total. The van der Waals surface area contributed by atoms with Crippen molar-refractivity contribution in [3.8, 4) is 0 Å². The fraction of sp³-hybridized carbons (Fsp3) is 0.231. The number of hydrogen-bond acceptors (Lipinski definition) is 9. The summed E-state index contributed by atoms with van der Waals surface area (Å²) in [6.45, 7) is 2.07. The van der Waals surface area contributed by atoms with Gasteiger partial charge in [-0.2, -0.15) is 5.90 Å². The molecule has 3 heterocycles. The Hall–Kier alpha value is -4.26. The van der Waals surface area contributed by atoms with Gasteiger partial charge in [0, 0.05) is 36.0 Å². The number of alkyl halides is 2. The fourth-order valence-electron chi connectivity index (χ4n) is 3.96. The van der Waals surface area contributed by atoms with Crippen LogP contribution in [0.4, 0.5) is 20.2 Å². The van der Waals surface area contributed by atoms with Gasteiger partial charge in [-0.3, -0.25) is 15.2 Å². The largest absolute Gasteiger partial charge is 0.389 e. The van der Waals surface area contributed by atoms with E-state index in [1.54, 1.807) is 0 Å². The van der Waals surface area contributed by atoms with Crippen molar-refractivity contribution in [3.63, 3.8) is 0 Å². The molecule has 10 nitrogen and oxygen atoms in total. The molecule has 2 aliphatic heterocycles. The van der Waals surface area contributed by atoms with Crippen molar-refractivity contribution in [2.75, 3.05) is 36.5 Å². The second-order valence-corrected chi connectivity index (χ2v) is 8.31. The van der Waals surface area contributed by atoms with Gasteiger partial charge in [0.25, 0.3) is 18.2 Å². The Morgan fingerprint density at radius 2 is 1.82 bits per heavy atom. The predicted molar refractivity (Wildman–Crippen MR) is 139 cm³/mol. The van der Waals surface area contributed by atoms with E-state index in [1.165, 1.54) is 6.07 Å². The molecule has 0 bridgehead atoms. The van der Waals surface area contributed by atoms with Gasteiger partial charge in [0.05, 0.1) is 30.3 Å². The molecule has 1 unspecified atom stereocenters. The number of amides is 1. The van der Waals surface area contributed by atoms with Crippen molar-refractivity contribution in [2.24, 2.45) is 16.6 Å². The number of morpholine rings is 1. The summed E-state index contributed by atoms with van der Waals surface area (Å²) in [5, 5.41) is 10.4. The number of nitrogens with two attached hydrogens (primary N) is 2. The van der Waals surface area contributed by atoms with Gasteiger partial charge in [-0.05, 0) is 12.1 Å². The molecule has 2 aromatic carbocycles. The van der Waals surface area contributed by atoms with E-state index in [4.69, 9.17) is 21.8 Å². The van der Waals surface area contributed by atoms with Gasteiger partial charge >= 0.3 is 0 Å². The predicted octanol–water partition coefficient (Wildman–Crippen LogP) is 2.83. The number of aromatic nitrogens is 1. The number of nitrogens with one attached hydrogen (secondary N) is 2. The summed E-state index contributed by atoms with van der Waals surface area (Å²) in [5.74, 6) is 4.29. The zero-order valence-corrected chi connectivity index (χ0v) is 20.3. The number of ether oxygens (including phenoxy) is 1. The third kappa shape index (κ3) is 6.17. The van der Waals surface area contributed by atoms with Gasteiger partial charge in [-0.1, -0.05) is 48.5 Å². The Morgan fingerprint density at radius 1 is 1.13 bits per heavy atom. The lowest BCUT2D eigenvalue weighted by atomic mass is 10.0. The number of carbonyl (C=O) groups is 1. The second kappa shape index (κ2) is 12.3. The number of halogens is 2. The third-order valence-corrected chi connectivity index (χ3v) is 5.85. The van der Waals surface area contributed by atoms with Crippen LogP contribution >= 0.6 is 0 Å². The summed E-state index contributed by atoms with van der Waals surface area (Å²) in [6.07, 6.45) is -2.48. The van der Waals surface area contributed by atoms with Crippen LogP contribution in [-0.4, -0.2) is 55.0 Å². The number of hydrogen-bond donors (Lipinski definition) is 4. The molecule has 198 valence electrons. The summed E-state index contributed by atoms with van der Waals surface area (Å²) in [7, 11) is 0. The van der Waals surface area contributed by atoms with Gasteiger partial charge in [0.15, 0.2) is 6.17 Å². The van der Waals surface area contributed by atoms with Crippen molar-refractivity contribution in [1.82, 2.24) is 4.98 Å². The van der Waals surface area contributed by atoms with Crippen LogP contribution in [0.25, 0.3) is 0 Å². The molecule has 5 rings (SSSR count). The first-order valence-corrected chi connectivity index (χ1v) is 11.7. The highest BCUT2D eigenvalue weighted by atomic mass is 19.3. The molecule has 2 aliphatic rings. The zero-order valence-electron chi connectivity index (χ0n) is 20.3. The molecule has 0 radical (unpaired) electrons. The van der Waals surface area contributed by atoms with Crippen molar-refractivity contribution in [3.05, 3.63) is 89.2 Å². The average molecular weight is 524 g/mol. The molecule has 1 fully saturated rings. The third-order valence-electron chi connectivity index (χ3n) is 5.85. The van der Waals surface area contributed by atoms with Crippen LogP contribution in [0.3, 0.4) is 0 Å². The highest BCUT2D eigenvalue weighted by molar-refractivity contribution is 6.19. The molecular weight excluding hydrogens is 496 g/mol. The number of nitrogens with zero attached hydrogens (tertiary/aromatic N) is 3. The maximum atomic E-state index is 12.7. The summed E-state index contributed by atoms with van der Waals surface area (Å²) >= 11 is 0. The molecule has 0 aliphatic carbocycles. The number of benzene rings is 2. The molecule has 1 amide bonds. The van der Waals surface area contributed by atoms with E-state index in [9.17, 15) is 13.6 Å². The van der Waals surface area contributed by atoms with Gasteiger partial charge in [-0.15, -0.1) is 0 Å². The number of para-hydroxylation sites is 1. The normalized spacial score (nSPS) is 16.9. The van der Waals surface area contributed by atoms with Crippen LogP contribution in [0.2, 0.25) is 0 Å². The molecule has 1 atom stereocenters. The minimum Gasteiger partial charge on any atom is -0.389 e. The first-order chi connectivity index (χ1) is 18.4. The van der Waals surface area contributed by atoms with E-state index in [-0.39, 0.29) is 23.1 Å². The lowest BCUT2D eigenvalue weighted by Crippen LogP contribution is -2.37. The van der Waals surface area contributed by atoms with E-state index in [2.05, 4.69) is 20.1 Å². The average Bonchev–Trinajstić information content (AvgIpc) is 3.09. The monoisotopic (exact) mass is 523 g/mol. The summed E-state index contributed by atoms with van der Waals surface area (Å²) in [4.78, 5) is 26.2. The number of rotatable bonds is 4. The molecule has 0 spiro atoms. The van der Waals surface area contributed by atoms with Crippen LogP contribution in [0.15, 0.2) is 71.9 Å². The highest BCUT2D eigenvalue weighted by Gasteiger charge is 2.23. The maximum Gasteiger partial charge on any atom is 0.265 e. The number of carbonyl (C=O) groups excluding carboxylic acids is 1. The van der Waals surface area contributed by atoms with Gasteiger partial charge < -0.3 is 25.5 Å². The minimum atomic E-state index is -2.62. The SMILES string of the molecule is N=C(ON)c1ncc(C(F)F)cc1N1CCOCC1.NC1N=C(c2ccccc2)c2ccccc2NC1=O. The Labute approximate surface area is 217 Å². The molecular formula is C26H27F2N7O3. The molecule has 1 aromatic heterocycles. The Balaban J connectivity index is 0.000000177. The molecule has 12 heteroatoms. The van der Waals surface area contributed by atoms with E-state index >= 15 is 0 Å². The van der Waals surface area contributed by atoms with Crippen molar-refractivity contribution >= 4 is 28.9 Å². The molecule has 3 aromatic rings. The lowest BCUT2D eigenvalue weighted by Gasteiger charge is -2.30. The van der Waals surface area contributed by atoms with Crippen LogP contribution in [0, 0.1) is 5.41 Å². The molecule has 38 heavy (non-hydrogen) atoms. The van der Waals surface area contributed by atoms with Gasteiger partial charge in [0.1, 0.15) is 5.69 Å². The van der Waals surface area contributed by atoms with E-state index in [0.29, 0.717) is 32.0 Å². The number of benzodiazepines with no additional fused rings is 1. The Bertz CT molecular complexity index is 1320. The van der Waals surface area contributed by atoms with Crippen molar-refractivity contribution < 1.29 is 23.1 Å².